The van der Waals surface area contributed by atoms with Crippen LogP contribution in [0, 0.1) is 0 Å². The first-order valence-corrected chi connectivity index (χ1v) is 6.47. The lowest BCUT2D eigenvalue weighted by molar-refractivity contribution is 0.935. The van der Waals surface area contributed by atoms with Gasteiger partial charge < -0.3 is 0 Å². The molecular weight excluding hydrogens is 268 g/mol. The average Bonchev–Trinajstić information content (AvgIpc) is 2.49. The van der Waals surface area contributed by atoms with Crippen molar-refractivity contribution in [2.75, 3.05) is 0 Å². The molecule has 2 rings (SSSR count). The van der Waals surface area contributed by atoms with Gasteiger partial charge in [0.15, 0.2) is 0 Å². The molecule has 0 spiro atoms. The summed E-state index contributed by atoms with van der Waals surface area (Å²) in [6.07, 6.45) is 3.38. The first-order valence-electron chi connectivity index (χ1n) is 6.07. The maximum atomic E-state index is 5.04. The summed E-state index contributed by atoms with van der Waals surface area (Å²) in [6.45, 7) is 0. The smallest absolute Gasteiger partial charge is 0.207 e. The predicted molar refractivity (Wildman–Crippen MR) is 86.9 cm³/mol. The van der Waals surface area contributed by atoms with E-state index in [2.05, 4.69) is 21.1 Å². The molecule has 0 bridgehead atoms. The van der Waals surface area contributed by atoms with Crippen molar-refractivity contribution < 1.29 is 0 Å². The second kappa shape index (κ2) is 7.81. The molecule has 2 aromatic rings. The molecule has 2 N–H and O–H groups in total. The quantitative estimate of drug-likeness (QED) is 0.514. The molecule has 100 valence electrons. The molecule has 2 aromatic carbocycles. The van der Waals surface area contributed by atoms with E-state index in [-0.39, 0.29) is 0 Å². The largest absolute Gasteiger partial charge is 0.252 e. The summed E-state index contributed by atoms with van der Waals surface area (Å²) in [5.41, 5.74) is 7.38. The molecule has 0 saturated carbocycles. The Hall–Kier alpha value is -2.53. The molecule has 0 fully saturated rings. The number of benzene rings is 2. The zero-order valence-electron chi connectivity index (χ0n) is 10.7. The molecule has 0 heterocycles. The van der Waals surface area contributed by atoms with Crippen molar-refractivity contribution >= 4 is 29.8 Å². The van der Waals surface area contributed by atoms with Gasteiger partial charge in [-0.15, -0.1) is 0 Å². The van der Waals surface area contributed by atoms with Crippen molar-refractivity contribution in [2.24, 2.45) is 10.2 Å². The molecule has 4 nitrogen and oxygen atoms in total. The van der Waals surface area contributed by atoms with Gasteiger partial charge in [-0.05, 0) is 23.3 Å². The number of hydrogen-bond donors (Lipinski definition) is 2. The number of nitrogens with one attached hydrogen (secondary N) is 2. The van der Waals surface area contributed by atoms with Gasteiger partial charge in [-0.3, -0.25) is 10.9 Å². The zero-order valence-corrected chi connectivity index (χ0v) is 11.5. The average molecular weight is 282 g/mol. The monoisotopic (exact) mass is 282 g/mol. The number of hydrazone groups is 2. The summed E-state index contributed by atoms with van der Waals surface area (Å²) in [4.78, 5) is 0. The van der Waals surface area contributed by atoms with Gasteiger partial charge in [0.25, 0.3) is 0 Å². The second-order valence-electron chi connectivity index (χ2n) is 3.89. The highest BCUT2D eigenvalue weighted by atomic mass is 32.1. The molecule has 0 amide bonds. The van der Waals surface area contributed by atoms with Crippen LogP contribution in [0.1, 0.15) is 11.1 Å². The fourth-order valence-corrected chi connectivity index (χ4v) is 1.54. The topological polar surface area (TPSA) is 48.8 Å². The van der Waals surface area contributed by atoms with Crippen molar-refractivity contribution in [3.63, 3.8) is 0 Å². The Kier molecular flexibility index (Phi) is 5.42. The number of nitrogens with zero attached hydrogens (tertiary/aromatic N) is 2. The summed E-state index contributed by atoms with van der Waals surface area (Å²) in [5, 5.41) is 8.37. The van der Waals surface area contributed by atoms with Crippen molar-refractivity contribution in [3.8, 4) is 0 Å². The van der Waals surface area contributed by atoms with Crippen LogP contribution in [-0.4, -0.2) is 17.5 Å². The van der Waals surface area contributed by atoms with Crippen LogP contribution in [0.3, 0.4) is 0 Å². The first-order chi connectivity index (χ1) is 9.84. The summed E-state index contributed by atoms with van der Waals surface area (Å²) in [7, 11) is 0. The van der Waals surface area contributed by atoms with Crippen molar-refractivity contribution in [1.29, 1.82) is 0 Å². The van der Waals surface area contributed by atoms with E-state index >= 15 is 0 Å². The zero-order chi connectivity index (χ0) is 14.0. The van der Waals surface area contributed by atoms with Crippen LogP contribution in [0.2, 0.25) is 0 Å². The van der Waals surface area contributed by atoms with Crippen LogP contribution in [-0.2, 0) is 0 Å². The van der Waals surface area contributed by atoms with Crippen LogP contribution in [0.25, 0.3) is 0 Å². The maximum absolute atomic E-state index is 5.04. The maximum Gasteiger partial charge on any atom is 0.207 e. The number of rotatable bonds is 4. The van der Waals surface area contributed by atoms with E-state index in [0.29, 0.717) is 5.11 Å². The highest BCUT2D eigenvalue weighted by Gasteiger charge is 1.89. The van der Waals surface area contributed by atoms with E-state index in [1.54, 1.807) is 12.4 Å². The summed E-state index contributed by atoms with van der Waals surface area (Å²) < 4.78 is 0. The minimum absolute atomic E-state index is 0.337. The second-order valence-corrected chi connectivity index (χ2v) is 4.30. The normalized spacial score (nSPS) is 10.8. The molecule has 0 unspecified atom stereocenters. The molecule has 0 atom stereocenters. The third-order valence-electron chi connectivity index (χ3n) is 2.36. The highest BCUT2D eigenvalue weighted by molar-refractivity contribution is 7.80. The van der Waals surface area contributed by atoms with Gasteiger partial charge in [0, 0.05) is 0 Å². The third-order valence-corrected chi connectivity index (χ3v) is 2.54. The predicted octanol–water partition coefficient (Wildman–Crippen LogP) is 2.52. The molecule has 20 heavy (non-hydrogen) atoms. The number of thiocarbonyl (C=S) groups is 1. The van der Waals surface area contributed by atoms with E-state index in [9.17, 15) is 0 Å². The van der Waals surface area contributed by atoms with E-state index < -0.39 is 0 Å². The van der Waals surface area contributed by atoms with Crippen LogP contribution < -0.4 is 10.9 Å². The van der Waals surface area contributed by atoms with Gasteiger partial charge in [-0.1, -0.05) is 60.7 Å². The standard InChI is InChI=1S/C15H14N4S/c20-15(18-16-11-13-7-3-1-4-8-13)19-17-12-14-9-5-2-6-10-14/h1-12H,(H2,18,19,20)/b16-11+,17-12+. The fourth-order valence-electron chi connectivity index (χ4n) is 1.43. The van der Waals surface area contributed by atoms with Gasteiger partial charge in [0.1, 0.15) is 0 Å². The van der Waals surface area contributed by atoms with E-state index in [0.717, 1.165) is 11.1 Å². The minimum atomic E-state index is 0.337. The lowest BCUT2D eigenvalue weighted by Gasteiger charge is -2.00. The van der Waals surface area contributed by atoms with E-state index in [1.165, 1.54) is 0 Å². The Morgan fingerprint density at radius 2 is 1.15 bits per heavy atom. The Morgan fingerprint density at radius 3 is 1.55 bits per heavy atom. The van der Waals surface area contributed by atoms with E-state index in [4.69, 9.17) is 12.2 Å². The Labute approximate surface area is 123 Å². The molecular formula is C15H14N4S. The Balaban J connectivity index is 1.76. The van der Waals surface area contributed by atoms with E-state index in [1.807, 2.05) is 60.7 Å². The third kappa shape index (κ3) is 4.99. The molecule has 5 heteroatoms. The minimum Gasteiger partial charge on any atom is -0.252 e. The Morgan fingerprint density at radius 1 is 0.750 bits per heavy atom. The van der Waals surface area contributed by atoms with Gasteiger partial charge >= 0.3 is 0 Å². The number of hydrogen-bond acceptors (Lipinski definition) is 3. The van der Waals surface area contributed by atoms with Crippen LogP contribution in [0.4, 0.5) is 0 Å². The van der Waals surface area contributed by atoms with Gasteiger partial charge in [0.05, 0.1) is 12.4 Å². The summed E-state index contributed by atoms with van der Waals surface area (Å²) in [5.74, 6) is 0. The molecule has 0 radical (unpaired) electrons. The summed E-state index contributed by atoms with van der Waals surface area (Å²) in [6, 6.07) is 19.5. The molecule has 0 aliphatic heterocycles. The van der Waals surface area contributed by atoms with Crippen LogP contribution >= 0.6 is 12.2 Å². The molecule has 0 aromatic heterocycles. The lowest BCUT2D eigenvalue weighted by Crippen LogP contribution is -2.28. The molecule has 0 aliphatic rings. The highest BCUT2D eigenvalue weighted by Crippen LogP contribution is 1.94. The van der Waals surface area contributed by atoms with Gasteiger partial charge in [-0.2, -0.15) is 10.2 Å². The first kappa shape index (κ1) is 13.9. The molecule has 0 saturated heterocycles. The van der Waals surface area contributed by atoms with Crippen molar-refractivity contribution in [2.45, 2.75) is 0 Å². The van der Waals surface area contributed by atoms with Crippen LogP contribution in [0.15, 0.2) is 70.9 Å². The lowest BCUT2D eigenvalue weighted by atomic mass is 10.2. The summed E-state index contributed by atoms with van der Waals surface area (Å²) >= 11 is 5.04. The van der Waals surface area contributed by atoms with Gasteiger partial charge in [-0.25, -0.2) is 0 Å². The fraction of sp³-hybridized carbons (Fsp3) is 0. The van der Waals surface area contributed by atoms with Crippen LogP contribution in [0.5, 0.6) is 0 Å². The van der Waals surface area contributed by atoms with Gasteiger partial charge in [0.2, 0.25) is 5.11 Å². The van der Waals surface area contributed by atoms with Crippen molar-refractivity contribution in [1.82, 2.24) is 10.9 Å². The molecule has 0 aliphatic carbocycles. The Bertz CT molecular complexity index is 540. The van der Waals surface area contributed by atoms with Crippen molar-refractivity contribution in [3.05, 3.63) is 71.8 Å². The SMILES string of the molecule is S=C(N/N=C/c1ccccc1)N/N=C/c1ccccc1.